The summed E-state index contributed by atoms with van der Waals surface area (Å²) in [4.78, 5) is 47.3. The van der Waals surface area contributed by atoms with Crippen molar-refractivity contribution < 1.29 is 19.1 Å². The number of H-pyrrole nitrogens is 1. The van der Waals surface area contributed by atoms with Gasteiger partial charge in [0.1, 0.15) is 6.04 Å². The number of hydrogen-bond donors (Lipinski definition) is 3. The maximum Gasteiger partial charge on any atom is 0.323 e. The second-order valence-corrected chi connectivity index (χ2v) is 9.67. The maximum absolute atomic E-state index is 12.3. The first kappa shape index (κ1) is 29.3. The van der Waals surface area contributed by atoms with E-state index in [-0.39, 0.29) is 42.5 Å². The molecular weight excluding hydrogens is 464 g/mol. The van der Waals surface area contributed by atoms with Crippen LogP contribution in [0.4, 0.5) is 5.95 Å². The van der Waals surface area contributed by atoms with Gasteiger partial charge in [-0.3, -0.25) is 19.4 Å². The predicted octanol–water partition coefficient (Wildman–Crippen LogP) is 2.92. The minimum absolute atomic E-state index is 0.0106. The monoisotopic (exact) mass is 506 g/mol. The molecule has 2 aromatic heterocycles. The Morgan fingerprint density at radius 2 is 1.81 bits per heavy atom. The number of carbonyl (C=O) groups is 2. The molecule has 0 aliphatic carbocycles. The molecule has 0 fully saturated rings. The molecule has 36 heavy (non-hydrogen) atoms. The van der Waals surface area contributed by atoms with E-state index in [1.807, 2.05) is 13.8 Å². The van der Waals surface area contributed by atoms with Crippen molar-refractivity contribution in [1.82, 2.24) is 19.5 Å². The van der Waals surface area contributed by atoms with Gasteiger partial charge in [0.15, 0.2) is 11.2 Å². The second-order valence-electron chi connectivity index (χ2n) is 9.67. The van der Waals surface area contributed by atoms with Gasteiger partial charge in [0, 0.05) is 18.9 Å². The lowest BCUT2D eigenvalue weighted by atomic mass is 10.1. The largest absolute Gasteiger partial charge is 0.465 e. The van der Waals surface area contributed by atoms with Gasteiger partial charge < -0.3 is 25.5 Å². The number of unbranched alkanes of at least 4 members (excludes halogenated alkanes) is 6. The van der Waals surface area contributed by atoms with Gasteiger partial charge in [-0.05, 0) is 18.8 Å². The van der Waals surface area contributed by atoms with Crippen molar-refractivity contribution >= 4 is 29.1 Å². The molecule has 0 spiro atoms. The summed E-state index contributed by atoms with van der Waals surface area (Å²) in [5.41, 5.74) is 11.6. The van der Waals surface area contributed by atoms with Crippen molar-refractivity contribution in [3.63, 3.8) is 0 Å². The molecule has 0 radical (unpaired) electrons. The van der Waals surface area contributed by atoms with Crippen LogP contribution >= 0.6 is 0 Å². The number of ether oxygens (including phenoxy) is 2. The number of nitrogens with two attached hydrogens (primary N) is 2. The third-order valence-electron chi connectivity index (χ3n) is 6.17. The minimum atomic E-state index is -0.695. The van der Waals surface area contributed by atoms with Gasteiger partial charge in [-0.15, -0.1) is 0 Å². The summed E-state index contributed by atoms with van der Waals surface area (Å²) in [6.07, 6.45) is 10.2. The standard InChI is InChI=1S/C25H42N6O5/c1-4-5-6-7-8-9-10-11-19(32)36-15-18(12-13-35-24(34)20(26)17(2)3)14-31-16-28-21-22(31)29-25(27)30-23(21)33/h16-18,20H,4-15,26H2,1-3H3,(H3,27,29,30,33)/t18-,20+/m1/s1. The first-order chi connectivity index (χ1) is 17.2. The van der Waals surface area contributed by atoms with E-state index in [1.165, 1.54) is 32.0 Å². The lowest BCUT2D eigenvalue weighted by Crippen LogP contribution is -2.37. The Labute approximate surface area is 212 Å². The van der Waals surface area contributed by atoms with Crippen LogP contribution in [0.2, 0.25) is 0 Å². The number of carbonyl (C=O) groups excluding carboxylic acids is 2. The highest BCUT2D eigenvalue weighted by Crippen LogP contribution is 2.15. The summed E-state index contributed by atoms with van der Waals surface area (Å²) in [6.45, 7) is 6.51. The molecule has 5 N–H and O–H groups in total. The second kappa shape index (κ2) is 15.2. The van der Waals surface area contributed by atoms with E-state index >= 15 is 0 Å². The first-order valence-corrected chi connectivity index (χ1v) is 13.0. The van der Waals surface area contributed by atoms with E-state index in [0.717, 1.165) is 19.3 Å². The summed E-state index contributed by atoms with van der Waals surface area (Å²) in [5, 5.41) is 0. The third-order valence-corrected chi connectivity index (χ3v) is 6.17. The number of imidazole rings is 1. The van der Waals surface area contributed by atoms with Crippen molar-refractivity contribution in [1.29, 1.82) is 0 Å². The molecule has 0 saturated carbocycles. The number of aromatic nitrogens is 4. The Kier molecular flexibility index (Phi) is 12.4. The Balaban J connectivity index is 1.94. The highest BCUT2D eigenvalue weighted by molar-refractivity contribution is 5.75. The fraction of sp³-hybridized carbons (Fsp3) is 0.720. The van der Waals surface area contributed by atoms with Gasteiger partial charge in [-0.2, -0.15) is 4.98 Å². The number of anilines is 1. The number of aromatic amines is 1. The van der Waals surface area contributed by atoms with E-state index < -0.39 is 17.6 Å². The number of nitrogen functional groups attached to an aromatic ring is 1. The van der Waals surface area contributed by atoms with Crippen LogP contribution in [0.15, 0.2) is 11.1 Å². The van der Waals surface area contributed by atoms with Crippen molar-refractivity contribution in [3.8, 4) is 0 Å². The number of nitrogens with one attached hydrogen (secondary N) is 1. The van der Waals surface area contributed by atoms with Crippen LogP contribution in [0.25, 0.3) is 11.2 Å². The molecule has 2 rings (SSSR count). The molecule has 0 aliphatic rings. The molecule has 0 aliphatic heterocycles. The molecule has 0 amide bonds. The van der Waals surface area contributed by atoms with Crippen LogP contribution < -0.4 is 17.0 Å². The molecule has 2 atom stereocenters. The quantitative estimate of drug-likeness (QED) is 0.216. The topological polar surface area (TPSA) is 168 Å². The van der Waals surface area contributed by atoms with Crippen LogP contribution in [-0.2, 0) is 25.6 Å². The van der Waals surface area contributed by atoms with Crippen LogP contribution in [0, 0.1) is 11.8 Å². The van der Waals surface area contributed by atoms with Gasteiger partial charge in [0.05, 0.1) is 19.5 Å². The fourth-order valence-electron chi connectivity index (χ4n) is 3.81. The fourth-order valence-corrected chi connectivity index (χ4v) is 3.81. The number of hydrogen-bond acceptors (Lipinski definition) is 9. The molecule has 11 heteroatoms. The van der Waals surface area contributed by atoms with Crippen molar-refractivity contribution in [3.05, 3.63) is 16.7 Å². The van der Waals surface area contributed by atoms with Crippen LogP contribution in [0.1, 0.15) is 78.6 Å². The Morgan fingerprint density at radius 3 is 2.50 bits per heavy atom. The average Bonchev–Trinajstić information content (AvgIpc) is 3.23. The van der Waals surface area contributed by atoms with E-state index in [1.54, 1.807) is 4.57 Å². The Hall–Kier alpha value is -2.95. The van der Waals surface area contributed by atoms with Gasteiger partial charge >= 0.3 is 11.9 Å². The van der Waals surface area contributed by atoms with Gasteiger partial charge in [-0.25, -0.2) is 4.98 Å². The lowest BCUT2D eigenvalue weighted by Gasteiger charge is -2.19. The molecule has 0 saturated heterocycles. The average molecular weight is 507 g/mol. The van der Waals surface area contributed by atoms with Crippen LogP contribution in [-0.4, -0.2) is 50.7 Å². The van der Waals surface area contributed by atoms with Crippen molar-refractivity contribution in [2.24, 2.45) is 17.6 Å². The number of rotatable bonds is 17. The molecule has 2 aromatic rings. The smallest absolute Gasteiger partial charge is 0.323 e. The van der Waals surface area contributed by atoms with E-state index in [2.05, 4.69) is 21.9 Å². The molecule has 0 bridgehead atoms. The molecule has 0 aromatic carbocycles. The van der Waals surface area contributed by atoms with Crippen LogP contribution in [0.5, 0.6) is 0 Å². The van der Waals surface area contributed by atoms with Crippen molar-refractivity contribution in [2.75, 3.05) is 18.9 Å². The molecule has 0 unspecified atom stereocenters. The Morgan fingerprint density at radius 1 is 1.11 bits per heavy atom. The van der Waals surface area contributed by atoms with Crippen molar-refractivity contribution in [2.45, 2.75) is 91.1 Å². The highest BCUT2D eigenvalue weighted by Gasteiger charge is 2.21. The van der Waals surface area contributed by atoms with Gasteiger partial charge in [0.2, 0.25) is 5.95 Å². The highest BCUT2D eigenvalue weighted by atomic mass is 16.5. The molecule has 2 heterocycles. The summed E-state index contributed by atoms with van der Waals surface area (Å²) in [5.74, 6) is -0.961. The zero-order valence-corrected chi connectivity index (χ0v) is 21.8. The zero-order chi connectivity index (χ0) is 26.5. The van der Waals surface area contributed by atoms with Crippen LogP contribution in [0.3, 0.4) is 0 Å². The normalized spacial score (nSPS) is 13.1. The number of fused-ring (bicyclic) bond motifs is 1. The molecule has 202 valence electrons. The maximum atomic E-state index is 12.3. The molecular formula is C25H42N6O5. The summed E-state index contributed by atoms with van der Waals surface area (Å²) in [6, 6.07) is -0.695. The van der Waals surface area contributed by atoms with E-state index in [0.29, 0.717) is 25.0 Å². The van der Waals surface area contributed by atoms with E-state index in [4.69, 9.17) is 20.9 Å². The predicted molar refractivity (Wildman–Crippen MR) is 138 cm³/mol. The van der Waals surface area contributed by atoms with E-state index in [9.17, 15) is 14.4 Å². The summed E-state index contributed by atoms with van der Waals surface area (Å²) < 4.78 is 12.6. The van der Waals surface area contributed by atoms with Gasteiger partial charge in [-0.1, -0.05) is 59.3 Å². The zero-order valence-electron chi connectivity index (χ0n) is 21.8. The Bertz CT molecular complexity index is 1020. The summed E-state index contributed by atoms with van der Waals surface area (Å²) >= 11 is 0. The SMILES string of the molecule is CCCCCCCCCC(=O)OC[C@H](CCOC(=O)[C@@H](N)C(C)C)Cn1cnc2c(=O)[nH]c(N)nc21. The first-order valence-electron chi connectivity index (χ1n) is 13.0. The molecule has 11 nitrogen and oxygen atoms in total. The van der Waals surface area contributed by atoms with Gasteiger partial charge in [0.25, 0.3) is 5.56 Å². The lowest BCUT2D eigenvalue weighted by molar-refractivity contribution is -0.149. The third kappa shape index (κ3) is 9.60. The summed E-state index contributed by atoms with van der Waals surface area (Å²) in [7, 11) is 0. The number of esters is 2. The minimum Gasteiger partial charge on any atom is -0.465 e. The number of nitrogens with zero attached hydrogens (tertiary/aromatic N) is 3.